The Kier molecular flexibility index (Phi) is 4.72. The second kappa shape index (κ2) is 5.88. The molecule has 0 aromatic heterocycles. The van der Waals surface area contributed by atoms with Crippen LogP contribution in [0.1, 0.15) is 27.2 Å². The summed E-state index contributed by atoms with van der Waals surface area (Å²) in [4.78, 5) is 10.1. The molecule has 106 valence electrons. The lowest BCUT2D eigenvalue weighted by Gasteiger charge is -2.22. The fraction of sp³-hybridized carbons (Fsp3) is 0.538. The van der Waals surface area contributed by atoms with Crippen molar-refractivity contribution in [1.82, 2.24) is 0 Å². The van der Waals surface area contributed by atoms with Crippen LogP contribution in [0, 0.1) is 15.5 Å². The third kappa shape index (κ3) is 5.13. The first-order chi connectivity index (χ1) is 8.69. The van der Waals surface area contributed by atoms with Gasteiger partial charge in [0, 0.05) is 18.3 Å². The van der Waals surface area contributed by atoms with Crippen molar-refractivity contribution in [2.45, 2.75) is 33.3 Å². The lowest BCUT2D eigenvalue weighted by atomic mass is 9.89. The largest absolute Gasteiger partial charge is 0.393 e. The molecule has 1 aromatic rings. The lowest BCUT2D eigenvalue weighted by Crippen LogP contribution is -2.25. The number of anilines is 2. The minimum atomic E-state index is -0.520. The molecule has 19 heavy (non-hydrogen) atoms. The van der Waals surface area contributed by atoms with Gasteiger partial charge >= 0.3 is 0 Å². The van der Waals surface area contributed by atoms with Gasteiger partial charge in [0.2, 0.25) is 0 Å². The predicted octanol–water partition coefficient (Wildman–Crippen LogP) is 2.39. The van der Waals surface area contributed by atoms with E-state index in [1.165, 1.54) is 12.1 Å². The smallest absolute Gasteiger partial charge is 0.292 e. The number of hydrogen-bond acceptors (Lipinski definition) is 5. The number of nitrogens with one attached hydrogen (secondary N) is 1. The van der Waals surface area contributed by atoms with Gasteiger partial charge in [0.05, 0.1) is 11.0 Å². The summed E-state index contributed by atoms with van der Waals surface area (Å²) in [5.74, 6) is 0. The first-order valence-corrected chi connectivity index (χ1v) is 6.15. The Hall–Kier alpha value is -1.82. The number of nitro groups is 1. The van der Waals surface area contributed by atoms with Crippen LogP contribution in [0.2, 0.25) is 0 Å². The molecule has 0 amide bonds. The van der Waals surface area contributed by atoms with Gasteiger partial charge in [-0.1, -0.05) is 20.8 Å². The Morgan fingerprint density at radius 1 is 1.47 bits per heavy atom. The van der Waals surface area contributed by atoms with Gasteiger partial charge < -0.3 is 16.2 Å². The zero-order valence-corrected chi connectivity index (χ0v) is 11.5. The minimum absolute atomic E-state index is 0.0512. The summed E-state index contributed by atoms with van der Waals surface area (Å²) in [6, 6.07) is 4.44. The Morgan fingerprint density at radius 2 is 2.11 bits per heavy atom. The van der Waals surface area contributed by atoms with E-state index in [9.17, 15) is 15.2 Å². The summed E-state index contributed by atoms with van der Waals surface area (Å²) in [7, 11) is 0. The second-order valence-electron chi connectivity index (χ2n) is 5.83. The predicted molar refractivity (Wildman–Crippen MR) is 76.1 cm³/mol. The lowest BCUT2D eigenvalue weighted by molar-refractivity contribution is -0.383. The molecular weight excluding hydrogens is 246 g/mol. The van der Waals surface area contributed by atoms with Crippen LogP contribution in [-0.4, -0.2) is 22.7 Å². The monoisotopic (exact) mass is 267 g/mol. The van der Waals surface area contributed by atoms with Crippen LogP contribution in [-0.2, 0) is 0 Å². The van der Waals surface area contributed by atoms with Crippen molar-refractivity contribution in [3.05, 3.63) is 28.3 Å². The van der Waals surface area contributed by atoms with Gasteiger partial charge in [0.15, 0.2) is 0 Å². The molecule has 1 atom stereocenters. The Bertz CT molecular complexity index is 455. The maximum absolute atomic E-state index is 10.6. The van der Waals surface area contributed by atoms with Crippen molar-refractivity contribution in [3.63, 3.8) is 0 Å². The molecule has 0 saturated heterocycles. The Balaban J connectivity index is 2.59. The van der Waals surface area contributed by atoms with Crippen LogP contribution in [0.15, 0.2) is 18.2 Å². The van der Waals surface area contributed by atoms with E-state index in [1.807, 2.05) is 0 Å². The van der Waals surface area contributed by atoms with E-state index < -0.39 is 11.0 Å². The van der Waals surface area contributed by atoms with Gasteiger partial charge in [0.1, 0.15) is 5.69 Å². The molecule has 0 aliphatic rings. The number of rotatable bonds is 5. The standard InChI is InChI=1S/C13H21N3O3/c1-13(2,3)7-10(17)8-15-9-4-5-12(16(18)19)11(14)6-9/h4-6,10,15,17H,7-8,14H2,1-3H3. The normalized spacial score (nSPS) is 13.1. The molecule has 0 spiro atoms. The van der Waals surface area contributed by atoms with E-state index in [0.29, 0.717) is 18.7 Å². The zero-order valence-electron chi connectivity index (χ0n) is 11.5. The molecule has 1 aromatic carbocycles. The highest BCUT2D eigenvalue weighted by molar-refractivity contribution is 5.65. The summed E-state index contributed by atoms with van der Waals surface area (Å²) >= 11 is 0. The van der Waals surface area contributed by atoms with Crippen LogP contribution in [0.3, 0.4) is 0 Å². The number of benzene rings is 1. The molecule has 0 bridgehead atoms. The van der Waals surface area contributed by atoms with Crippen LogP contribution in [0.5, 0.6) is 0 Å². The van der Waals surface area contributed by atoms with Crippen molar-refractivity contribution in [1.29, 1.82) is 0 Å². The van der Waals surface area contributed by atoms with Crippen LogP contribution in [0.25, 0.3) is 0 Å². The molecule has 6 nitrogen and oxygen atoms in total. The minimum Gasteiger partial charge on any atom is -0.393 e. The quantitative estimate of drug-likeness (QED) is 0.432. The van der Waals surface area contributed by atoms with Crippen molar-refractivity contribution < 1.29 is 10.0 Å². The number of hydrogen-bond donors (Lipinski definition) is 3. The molecule has 0 radical (unpaired) electrons. The van der Waals surface area contributed by atoms with E-state index in [2.05, 4.69) is 26.1 Å². The summed E-state index contributed by atoms with van der Waals surface area (Å²) in [5, 5.41) is 23.5. The van der Waals surface area contributed by atoms with Crippen molar-refractivity contribution in [2.24, 2.45) is 5.41 Å². The van der Waals surface area contributed by atoms with Gasteiger partial charge in [-0.05, 0) is 24.0 Å². The molecular formula is C13H21N3O3. The van der Waals surface area contributed by atoms with E-state index >= 15 is 0 Å². The molecule has 0 aliphatic heterocycles. The van der Waals surface area contributed by atoms with E-state index in [-0.39, 0.29) is 16.8 Å². The first-order valence-electron chi connectivity index (χ1n) is 6.15. The molecule has 0 heterocycles. The fourth-order valence-electron chi connectivity index (χ4n) is 1.85. The zero-order chi connectivity index (χ0) is 14.6. The number of nitrogen functional groups attached to an aromatic ring is 1. The molecule has 0 saturated carbocycles. The van der Waals surface area contributed by atoms with Gasteiger partial charge in [-0.25, -0.2) is 0 Å². The molecule has 1 rings (SSSR count). The first kappa shape index (κ1) is 15.2. The van der Waals surface area contributed by atoms with Crippen LogP contribution >= 0.6 is 0 Å². The Morgan fingerprint density at radius 3 is 2.58 bits per heavy atom. The molecule has 1 unspecified atom stereocenters. The average Bonchev–Trinajstić information content (AvgIpc) is 2.23. The topological polar surface area (TPSA) is 101 Å². The number of aliphatic hydroxyl groups excluding tert-OH is 1. The van der Waals surface area contributed by atoms with Crippen molar-refractivity contribution in [2.75, 3.05) is 17.6 Å². The summed E-state index contributed by atoms with van der Waals surface area (Å²) < 4.78 is 0. The van der Waals surface area contributed by atoms with Crippen LogP contribution < -0.4 is 11.1 Å². The van der Waals surface area contributed by atoms with Gasteiger partial charge in [0.25, 0.3) is 5.69 Å². The number of aliphatic hydroxyl groups is 1. The van der Waals surface area contributed by atoms with Crippen LogP contribution in [0.4, 0.5) is 17.1 Å². The SMILES string of the molecule is CC(C)(C)CC(O)CNc1ccc([N+](=O)[O-])c(N)c1. The highest BCUT2D eigenvalue weighted by atomic mass is 16.6. The second-order valence-corrected chi connectivity index (χ2v) is 5.83. The van der Waals surface area contributed by atoms with Gasteiger partial charge in [-0.2, -0.15) is 0 Å². The van der Waals surface area contributed by atoms with Gasteiger partial charge in [-0.15, -0.1) is 0 Å². The maximum atomic E-state index is 10.6. The molecule has 4 N–H and O–H groups in total. The van der Waals surface area contributed by atoms with E-state index in [4.69, 9.17) is 5.73 Å². The number of nitrogens with two attached hydrogens (primary N) is 1. The highest BCUT2D eigenvalue weighted by Gasteiger charge is 2.17. The molecule has 0 fully saturated rings. The third-order valence-corrected chi connectivity index (χ3v) is 2.61. The van der Waals surface area contributed by atoms with Gasteiger partial charge in [-0.3, -0.25) is 10.1 Å². The fourth-order valence-corrected chi connectivity index (χ4v) is 1.85. The number of nitrogens with zero attached hydrogens (tertiary/aromatic N) is 1. The molecule has 0 aliphatic carbocycles. The van der Waals surface area contributed by atoms with E-state index in [1.54, 1.807) is 6.07 Å². The van der Waals surface area contributed by atoms with Crippen molar-refractivity contribution in [3.8, 4) is 0 Å². The third-order valence-electron chi connectivity index (χ3n) is 2.61. The summed E-state index contributed by atoms with van der Waals surface area (Å²) in [6.45, 7) is 6.55. The molecule has 6 heteroatoms. The Labute approximate surface area is 112 Å². The maximum Gasteiger partial charge on any atom is 0.292 e. The summed E-state index contributed by atoms with van der Waals surface area (Å²) in [5.41, 5.74) is 6.30. The average molecular weight is 267 g/mol. The number of nitro benzene ring substituents is 1. The highest BCUT2D eigenvalue weighted by Crippen LogP contribution is 2.25. The van der Waals surface area contributed by atoms with Crippen molar-refractivity contribution >= 4 is 17.1 Å². The van der Waals surface area contributed by atoms with E-state index in [0.717, 1.165) is 0 Å². The summed E-state index contributed by atoms with van der Waals surface area (Å²) in [6.07, 6.45) is 0.194.